The molecule has 0 aliphatic heterocycles. The van der Waals surface area contributed by atoms with Crippen molar-refractivity contribution in [1.29, 1.82) is 0 Å². The second-order valence-electron chi connectivity index (χ2n) is 5.52. The lowest BCUT2D eigenvalue weighted by Gasteiger charge is -2.11. The zero-order valence-electron chi connectivity index (χ0n) is 13.4. The smallest absolute Gasteiger partial charge is 0.258 e. The van der Waals surface area contributed by atoms with Gasteiger partial charge in [0.15, 0.2) is 0 Å². The summed E-state index contributed by atoms with van der Waals surface area (Å²) in [6, 6.07) is 11.1. The van der Waals surface area contributed by atoms with Crippen LogP contribution in [0, 0.1) is 0 Å². The molecule has 124 valence electrons. The zero-order valence-corrected chi connectivity index (χ0v) is 13.4. The van der Waals surface area contributed by atoms with Gasteiger partial charge in [0.25, 0.3) is 5.91 Å². The average Bonchev–Trinajstić information content (AvgIpc) is 3.32. The molecule has 1 amide bonds. The molecule has 4 aromatic rings. The summed E-state index contributed by atoms with van der Waals surface area (Å²) in [6.45, 7) is 0. The van der Waals surface area contributed by atoms with E-state index in [4.69, 9.17) is 9.15 Å². The Labute approximate surface area is 143 Å². The minimum Gasteiger partial charge on any atom is -0.496 e. The van der Waals surface area contributed by atoms with Gasteiger partial charge in [0.1, 0.15) is 17.7 Å². The van der Waals surface area contributed by atoms with E-state index in [1.165, 1.54) is 12.5 Å². The predicted molar refractivity (Wildman–Crippen MR) is 94.7 cm³/mol. The molecular weight excluding hydrogens is 318 g/mol. The number of benzene rings is 1. The van der Waals surface area contributed by atoms with Crippen LogP contribution in [0.2, 0.25) is 0 Å². The molecule has 4 rings (SSSR count). The summed E-state index contributed by atoms with van der Waals surface area (Å²) in [7, 11) is 1.60. The number of carbonyl (C=O) groups excluding carboxylic acids is 1. The Kier molecular flexibility index (Phi) is 3.70. The molecule has 1 aromatic carbocycles. The van der Waals surface area contributed by atoms with Crippen molar-refractivity contribution >= 4 is 22.6 Å². The molecule has 6 heteroatoms. The van der Waals surface area contributed by atoms with E-state index in [2.05, 4.69) is 15.3 Å². The summed E-state index contributed by atoms with van der Waals surface area (Å²) >= 11 is 0. The Morgan fingerprint density at radius 1 is 1.24 bits per heavy atom. The van der Waals surface area contributed by atoms with Crippen molar-refractivity contribution in [2.24, 2.45) is 0 Å². The van der Waals surface area contributed by atoms with Crippen molar-refractivity contribution in [2.75, 3.05) is 12.4 Å². The van der Waals surface area contributed by atoms with Crippen LogP contribution >= 0.6 is 0 Å². The molecule has 6 nitrogen and oxygen atoms in total. The molecule has 0 saturated heterocycles. The summed E-state index contributed by atoms with van der Waals surface area (Å²) in [5.41, 5.74) is 3.79. The highest BCUT2D eigenvalue weighted by atomic mass is 16.5. The molecule has 0 unspecified atom stereocenters. The molecular formula is C19H15N3O3. The van der Waals surface area contributed by atoms with Crippen LogP contribution in [0.1, 0.15) is 10.4 Å². The van der Waals surface area contributed by atoms with Gasteiger partial charge in [0.05, 0.1) is 18.9 Å². The fourth-order valence-electron chi connectivity index (χ4n) is 2.69. The highest BCUT2D eigenvalue weighted by molar-refractivity contribution is 6.04. The van der Waals surface area contributed by atoms with Gasteiger partial charge in [-0.1, -0.05) is 0 Å². The van der Waals surface area contributed by atoms with Crippen LogP contribution in [0.3, 0.4) is 0 Å². The van der Waals surface area contributed by atoms with Gasteiger partial charge in [0, 0.05) is 40.7 Å². The van der Waals surface area contributed by atoms with Crippen LogP contribution in [0.4, 0.5) is 5.69 Å². The summed E-state index contributed by atoms with van der Waals surface area (Å²) in [6.07, 6.45) is 6.51. The minimum atomic E-state index is -0.237. The van der Waals surface area contributed by atoms with Crippen molar-refractivity contribution in [2.45, 2.75) is 0 Å². The van der Waals surface area contributed by atoms with Gasteiger partial charge in [-0.05, 0) is 30.3 Å². The molecule has 0 fully saturated rings. The number of nitrogens with zero attached hydrogens (tertiary/aromatic N) is 1. The molecule has 0 aliphatic rings. The normalized spacial score (nSPS) is 10.8. The standard InChI is InChI=1S/C19H15N3O3/c1-24-17-9-15(22-19(23)13-5-7-25-11-13)2-3-16(17)14-8-12-4-6-20-18(12)21-10-14/h2-11H,1H3,(H,20,21)(H,22,23). The van der Waals surface area contributed by atoms with Gasteiger partial charge in [-0.25, -0.2) is 4.98 Å². The lowest BCUT2D eigenvalue weighted by molar-refractivity contribution is 0.102. The van der Waals surface area contributed by atoms with Crippen LogP contribution < -0.4 is 10.1 Å². The number of H-pyrrole nitrogens is 1. The number of furan rings is 1. The molecule has 0 radical (unpaired) electrons. The maximum atomic E-state index is 12.1. The van der Waals surface area contributed by atoms with Crippen LogP contribution in [0.5, 0.6) is 5.75 Å². The first kappa shape index (κ1) is 15.0. The van der Waals surface area contributed by atoms with Gasteiger partial charge in [-0.15, -0.1) is 0 Å². The SMILES string of the molecule is COc1cc(NC(=O)c2ccoc2)ccc1-c1cnc2[nH]ccc2c1. The third-order valence-corrected chi connectivity index (χ3v) is 3.95. The first-order valence-corrected chi connectivity index (χ1v) is 7.70. The van der Waals surface area contributed by atoms with Crippen molar-refractivity contribution in [3.8, 4) is 16.9 Å². The van der Waals surface area contributed by atoms with E-state index in [9.17, 15) is 4.79 Å². The summed E-state index contributed by atoms with van der Waals surface area (Å²) < 4.78 is 10.4. The Bertz CT molecular complexity index is 1040. The quantitative estimate of drug-likeness (QED) is 0.589. The third kappa shape index (κ3) is 2.85. The molecule has 2 N–H and O–H groups in total. The predicted octanol–water partition coefficient (Wildman–Crippen LogP) is 4.08. The van der Waals surface area contributed by atoms with Crippen molar-refractivity contribution in [3.05, 3.63) is 66.9 Å². The van der Waals surface area contributed by atoms with E-state index in [1.807, 2.05) is 30.5 Å². The number of aromatic nitrogens is 2. The van der Waals surface area contributed by atoms with Gasteiger partial charge >= 0.3 is 0 Å². The zero-order chi connectivity index (χ0) is 17.2. The first-order valence-electron chi connectivity index (χ1n) is 7.70. The summed E-state index contributed by atoms with van der Waals surface area (Å²) in [5.74, 6) is 0.417. The lowest BCUT2D eigenvalue weighted by atomic mass is 10.0. The number of amides is 1. The molecule has 0 bridgehead atoms. The number of carbonyl (C=O) groups is 1. The topological polar surface area (TPSA) is 80.2 Å². The number of rotatable bonds is 4. The van der Waals surface area contributed by atoms with E-state index in [-0.39, 0.29) is 5.91 Å². The van der Waals surface area contributed by atoms with E-state index in [1.54, 1.807) is 25.4 Å². The number of ether oxygens (including phenoxy) is 1. The van der Waals surface area contributed by atoms with E-state index >= 15 is 0 Å². The van der Waals surface area contributed by atoms with Gasteiger partial charge < -0.3 is 19.5 Å². The molecule has 3 heterocycles. The number of nitrogens with one attached hydrogen (secondary N) is 2. The second kappa shape index (κ2) is 6.16. The van der Waals surface area contributed by atoms with Crippen LogP contribution in [-0.4, -0.2) is 23.0 Å². The average molecular weight is 333 g/mol. The number of fused-ring (bicyclic) bond motifs is 1. The first-order chi connectivity index (χ1) is 12.2. The maximum Gasteiger partial charge on any atom is 0.258 e. The fourth-order valence-corrected chi connectivity index (χ4v) is 2.69. The van der Waals surface area contributed by atoms with Gasteiger partial charge in [-0.2, -0.15) is 0 Å². The number of methoxy groups -OCH3 is 1. The Hall–Kier alpha value is -3.54. The van der Waals surface area contributed by atoms with Crippen molar-refractivity contribution in [1.82, 2.24) is 9.97 Å². The van der Waals surface area contributed by atoms with E-state index in [0.717, 1.165) is 22.2 Å². The fraction of sp³-hybridized carbons (Fsp3) is 0.0526. The van der Waals surface area contributed by atoms with E-state index < -0.39 is 0 Å². The summed E-state index contributed by atoms with van der Waals surface area (Å²) in [4.78, 5) is 19.6. The maximum absolute atomic E-state index is 12.1. The number of hydrogen-bond acceptors (Lipinski definition) is 4. The highest BCUT2D eigenvalue weighted by Gasteiger charge is 2.12. The number of hydrogen-bond donors (Lipinski definition) is 2. The van der Waals surface area contributed by atoms with Crippen LogP contribution in [0.25, 0.3) is 22.2 Å². The monoisotopic (exact) mass is 333 g/mol. The number of aromatic amines is 1. The molecule has 0 atom stereocenters. The molecule has 0 spiro atoms. The molecule has 0 aliphatic carbocycles. The largest absolute Gasteiger partial charge is 0.496 e. The minimum absolute atomic E-state index is 0.237. The Morgan fingerprint density at radius 3 is 2.96 bits per heavy atom. The van der Waals surface area contributed by atoms with Crippen LogP contribution in [0.15, 0.2) is 65.7 Å². The summed E-state index contributed by atoms with van der Waals surface area (Å²) in [5, 5.41) is 3.85. The van der Waals surface area contributed by atoms with Crippen molar-refractivity contribution in [3.63, 3.8) is 0 Å². The highest BCUT2D eigenvalue weighted by Crippen LogP contribution is 2.33. The Balaban J connectivity index is 1.66. The number of pyridine rings is 1. The van der Waals surface area contributed by atoms with Crippen molar-refractivity contribution < 1.29 is 13.9 Å². The molecule has 25 heavy (non-hydrogen) atoms. The Morgan fingerprint density at radius 2 is 2.16 bits per heavy atom. The third-order valence-electron chi connectivity index (χ3n) is 3.95. The van der Waals surface area contributed by atoms with Gasteiger partial charge in [0.2, 0.25) is 0 Å². The van der Waals surface area contributed by atoms with Crippen LogP contribution in [-0.2, 0) is 0 Å². The molecule has 0 saturated carbocycles. The lowest BCUT2D eigenvalue weighted by Crippen LogP contribution is -2.10. The van der Waals surface area contributed by atoms with E-state index in [0.29, 0.717) is 17.0 Å². The molecule has 3 aromatic heterocycles. The number of anilines is 1. The van der Waals surface area contributed by atoms with Gasteiger partial charge in [-0.3, -0.25) is 4.79 Å². The second-order valence-corrected chi connectivity index (χ2v) is 5.52.